The van der Waals surface area contributed by atoms with Crippen LogP contribution in [0.2, 0.25) is 0 Å². The molecule has 0 fully saturated rings. The van der Waals surface area contributed by atoms with Gasteiger partial charge in [-0.2, -0.15) is 5.26 Å². The van der Waals surface area contributed by atoms with E-state index in [1.807, 2.05) is 53.4 Å². The quantitative estimate of drug-likeness (QED) is 0.762. The summed E-state index contributed by atoms with van der Waals surface area (Å²) < 4.78 is 0. The molecule has 0 radical (unpaired) electrons. The van der Waals surface area contributed by atoms with Gasteiger partial charge in [-0.3, -0.25) is 4.79 Å². The van der Waals surface area contributed by atoms with Crippen LogP contribution in [0.15, 0.2) is 54.6 Å². The van der Waals surface area contributed by atoms with E-state index in [1.165, 1.54) is 0 Å². The summed E-state index contributed by atoms with van der Waals surface area (Å²) in [4.78, 5) is 13.1. The van der Waals surface area contributed by atoms with Crippen molar-refractivity contribution in [3.05, 3.63) is 60.2 Å². The normalized spacial score (nSPS) is 9.63. The lowest BCUT2D eigenvalue weighted by molar-refractivity contribution is 0.112. The summed E-state index contributed by atoms with van der Waals surface area (Å²) in [6.45, 7) is 0.561. The highest BCUT2D eigenvalue weighted by molar-refractivity contribution is 5.86. The van der Waals surface area contributed by atoms with E-state index >= 15 is 0 Å². The first-order valence-corrected chi connectivity index (χ1v) is 6.10. The fraction of sp³-hybridized carbons (Fsp3) is 0.125. The van der Waals surface area contributed by atoms with E-state index in [2.05, 4.69) is 6.07 Å². The zero-order valence-corrected chi connectivity index (χ0v) is 10.5. The molecule has 0 aliphatic rings. The Bertz CT molecular complexity index is 587. The number of para-hydroxylation sites is 2. The van der Waals surface area contributed by atoms with Crippen molar-refractivity contribution < 1.29 is 4.79 Å². The van der Waals surface area contributed by atoms with E-state index in [4.69, 9.17) is 5.26 Å². The van der Waals surface area contributed by atoms with E-state index in [9.17, 15) is 4.79 Å². The Kier molecular flexibility index (Phi) is 4.30. The molecule has 0 bridgehead atoms. The minimum absolute atomic E-state index is 0.405. The molecule has 0 spiro atoms. The number of rotatable bonds is 5. The molecular weight excluding hydrogens is 236 g/mol. The van der Waals surface area contributed by atoms with Gasteiger partial charge in [-0.1, -0.05) is 30.3 Å². The molecule has 2 aromatic carbocycles. The van der Waals surface area contributed by atoms with E-state index in [0.29, 0.717) is 18.5 Å². The van der Waals surface area contributed by atoms with Crippen LogP contribution in [0.1, 0.15) is 16.8 Å². The Morgan fingerprint density at radius 1 is 1.05 bits per heavy atom. The van der Waals surface area contributed by atoms with Gasteiger partial charge in [0.15, 0.2) is 6.29 Å². The Morgan fingerprint density at radius 2 is 1.74 bits per heavy atom. The van der Waals surface area contributed by atoms with Gasteiger partial charge < -0.3 is 4.90 Å². The van der Waals surface area contributed by atoms with Crippen molar-refractivity contribution in [2.24, 2.45) is 0 Å². The van der Waals surface area contributed by atoms with E-state index in [-0.39, 0.29) is 0 Å². The van der Waals surface area contributed by atoms with Gasteiger partial charge in [0.1, 0.15) is 0 Å². The molecule has 0 saturated carbocycles. The fourth-order valence-electron chi connectivity index (χ4n) is 1.99. The summed E-state index contributed by atoms with van der Waals surface area (Å²) in [5.74, 6) is 0. The number of nitriles is 1. The van der Waals surface area contributed by atoms with Crippen LogP contribution in [0.4, 0.5) is 11.4 Å². The van der Waals surface area contributed by atoms with Gasteiger partial charge in [-0.25, -0.2) is 0 Å². The number of hydrogen-bond donors (Lipinski definition) is 0. The number of aldehydes is 1. The van der Waals surface area contributed by atoms with Crippen LogP contribution in [0.3, 0.4) is 0 Å². The maximum absolute atomic E-state index is 11.1. The third kappa shape index (κ3) is 2.99. The molecule has 0 N–H and O–H groups in total. The maximum atomic E-state index is 11.1. The smallest absolute Gasteiger partial charge is 0.152 e. The average molecular weight is 250 g/mol. The van der Waals surface area contributed by atoms with Crippen LogP contribution >= 0.6 is 0 Å². The number of carbonyl (C=O) groups is 1. The van der Waals surface area contributed by atoms with Crippen LogP contribution in [0.5, 0.6) is 0 Å². The van der Waals surface area contributed by atoms with Crippen molar-refractivity contribution in [3.63, 3.8) is 0 Å². The lowest BCUT2D eigenvalue weighted by atomic mass is 10.1. The van der Waals surface area contributed by atoms with Crippen molar-refractivity contribution in [2.75, 3.05) is 11.4 Å². The van der Waals surface area contributed by atoms with Gasteiger partial charge in [0, 0.05) is 17.8 Å². The zero-order valence-electron chi connectivity index (χ0n) is 10.5. The molecule has 0 amide bonds. The molecule has 0 saturated heterocycles. The highest BCUT2D eigenvalue weighted by Crippen LogP contribution is 2.27. The van der Waals surface area contributed by atoms with Crippen LogP contribution in [-0.4, -0.2) is 12.8 Å². The standard InChI is InChI=1S/C16H14N2O/c17-11-6-12-18(15-8-2-1-3-9-15)16-10-5-4-7-14(16)13-19/h1-5,7-10,13H,6,12H2. The predicted octanol–water partition coefficient (Wildman–Crippen LogP) is 3.55. The first kappa shape index (κ1) is 12.8. The molecule has 0 heterocycles. The lowest BCUT2D eigenvalue weighted by Gasteiger charge is -2.25. The van der Waals surface area contributed by atoms with E-state index in [0.717, 1.165) is 17.7 Å². The summed E-state index contributed by atoms with van der Waals surface area (Å²) >= 11 is 0. The van der Waals surface area contributed by atoms with Gasteiger partial charge in [0.05, 0.1) is 18.2 Å². The average Bonchev–Trinajstić information content (AvgIpc) is 2.49. The van der Waals surface area contributed by atoms with Crippen LogP contribution < -0.4 is 4.90 Å². The largest absolute Gasteiger partial charge is 0.340 e. The van der Waals surface area contributed by atoms with Gasteiger partial charge >= 0.3 is 0 Å². The number of carbonyl (C=O) groups excluding carboxylic acids is 1. The van der Waals surface area contributed by atoms with E-state index in [1.54, 1.807) is 6.07 Å². The van der Waals surface area contributed by atoms with Crippen molar-refractivity contribution in [1.82, 2.24) is 0 Å². The Balaban J connectivity index is 2.43. The third-order valence-corrected chi connectivity index (χ3v) is 2.87. The highest BCUT2D eigenvalue weighted by Gasteiger charge is 2.12. The monoisotopic (exact) mass is 250 g/mol. The Labute approximate surface area is 112 Å². The summed E-state index contributed by atoms with van der Waals surface area (Å²) in [6.07, 6.45) is 1.25. The van der Waals surface area contributed by atoms with Crippen molar-refractivity contribution in [1.29, 1.82) is 5.26 Å². The molecule has 94 valence electrons. The lowest BCUT2D eigenvalue weighted by Crippen LogP contribution is -2.19. The van der Waals surface area contributed by atoms with Gasteiger partial charge in [0.2, 0.25) is 0 Å². The molecule has 0 unspecified atom stereocenters. The maximum Gasteiger partial charge on any atom is 0.152 e. The molecule has 0 aliphatic heterocycles. The molecule has 19 heavy (non-hydrogen) atoms. The van der Waals surface area contributed by atoms with Gasteiger partial charge in [0.25, 0.3) is 0 Å². The second-order valence-electron chi connectivity index (χ2n) is 4.07. The first-order valence-electron chi connectivity index (χ1n) is 6.10. The summed E-state index contributed by atoms with van der Waals surface area (Å²) in [7, 11) is 0. The van der Waals surface area contributed by atoms with Crippen LogP contribution in [0.25, 0.3) is 0 Å². The predicted molar refractivity (Wildman–Crippen MR) is 75.5 cm³/mol. The zero-order chi connectivity index (χ0) is 13.5. The minimum Gasteiger partial charge on any atom is -0.340 e. The van der Waals surface area contributed by atoms with Crippen molar-refractivity contribution in [3.8, 4) is 6.07 Å². The second-order valence-corrected chi connectivity index (χ2v) is 4.07. The number of nitrogens with zero attached hydrogens (tertiary/aromatic N) is 2. The van der Waals surface area contributed by atoms with E-state index < -0.39 is 0 Å². The van der Waals surface area contributed by atoms with Crippen LogP contribution in [0, 0.1) is 11.3 Å². The third-order valence-electron chi connectivity index (χ3n) is 2.87. The Hall–Kier alpha value is -2.60. The first-order chi connectivity index (χ1) is 9.36. The minimum atomic E-state index is 0.405. The molecule has 3 heteroatoms. The molecule has 3 nitrogen and oxygen atoms in total. The summed E-state index contributed by atoms with van der Waals surface area (Å²) in [6, 6.07) is 19.3. The summed E-state index contributed by atoms with van der Waals surface area (Å²) in [5.41, 5.74) is 2.44. The number of benzene rings is 2. The van der Waals surface area contributed by atoms with Gasteiger partial charge in [-0.15, -0.1) is 0 Å². The second kappa shape index (κ2) is 6.36. The molecule has 2 rings (SSSR count). The van der Waals surface area contributed by atoms with Crippen molar-refractivity contribution in [2.45, 2.75) is 6.42 Å². The SMILES string of the molecule is N#CCCN(c1ccccc1)c1ccccc1C=O. The summed E-state index contributed by atoms with van der Waals surface area (Å²) in [5, 5.41) is 8.79. The molecule has 0 aliphatic carbocycles. The Morgan fingerprint density at radius 3 is 2.42 bits per heavy atom. The fourth-order valence-corrected chi connectivity index (χ4v) is 1.99. The molecule has 0 atom stereocenters. The van der Waals surface area contributed by atoms with Crippen LogP contribution in [-0.2, 0) is 0 Å². The molecular formula is C16H14N2O. The number of anilines is 2. The topological polar surface area (TPSA) is 44.1 Å². The van der Waals surface area contributed by atoms with Crippen molar-refractivity contribution >= 4 is 17.7 Å². The molecule has 0 aromatic heterocycles. The molecule has 2 aromatic rings. The highest BCUT2D eigenvalue weighted by atomic mass is 16.1. The number of hydrogen-bond acceptors (Lipinski definition) is 3. The van der Waals surface area contributed by atoms with Gasteiger partial charge in [-0.05, 0) is 24.3 Å².